The molecule has 1 heterocycles. The molecule has 0 bridgehead atoms. The quantitative estimate of drug-likeness (QED) is 0.339. The average molecular weight is 387 g/mol. The van der Waals surface area contributed by atoms with Crippen LogP contribution in [-0.4, -0.2) is 20.1 Å². The molecule has 2 aromatic carbocycles. The van der Waals surface area contributed by atoms with Crippen LogP contribution >= 0.6 is 24.0 Å². The lowest BCUT2D eigenvalue weighted by Crippen LogP contribution is -2.28. The number of amides is 1. The van der Waals surface area contributed by atoms with E-state index in [0.29, 0.717) is 5.56 Å². The summed E-state index contributed by atoms with van der Waals surface area (Å²) in [7, 11) is 0. The molecule has 0 aliphatic carbocycles. The van der Waals surface area contributed by atoms with E-state index in [1.807, 2.05) is 0 Å². The highest BCUT2D eigenvalue weighted by atomic mass is 32.2. The number of anilines is 1. The summed E-state index contributed by atoms with van der Waals surface area (Å²) >= 11 is 6.22. The van der Waals surface area contributed by atoms with E-state index in [1.165, 1.54) is 48.5 Å². The van der Waals surface area contributed by atoms with E-state index in [4.69, 9.17) is 12.2 Å². The third-order valence-electron chi connectivity index (χ3n) is 3.51. The van der Waals surface area contributed by atoms with E-state index in [2.05, 4.69) is 0 Å². The summed E-state index contributed by atoms with van der Waals surface area (Å²) in [5.74, 6) is -0.479. The van der Waals surface area contributed by atoms with Crippen molar-refractivity contribution < 1.29 is 14.6 Å². The van der Waals surface area contributed by atoms with Crippen molar-refractivity contribution in [1.82, 2.24) is 0 Å². The summed E-state index contributed by atoms with van der Waals surface area (Å²) in [6.07, 6.45) is 1.54. The number of nitrogens with zero attached hydrogens (tertiary/aromatic N) is 3. The van der Waals surface area contributed by atoms with Crippen LogP contribution in [0.25, 0.3) is 6.08 Å². The van der Waals surface area contributed by atoms with Crippen molar-refractivity contribution in [2.24, 2.45) is 0 Å². The fourth-order valence-electron chi connectivity index (χ4n) is 2.33. The van der Waals surface area contributed by atoms with Gasteiger partial charge in [0.15, 0.2) is 4.32 Å². The van der Waals surface area contributed by atoms with Gasteiger partial charge in [-0.3, -0.25) is 29.9 Å². The number of non-ortho nitro benzene ring substituents is 1. The van der Waals surface area contributed by atoms with Crippen molar-refractivity contribution >= 4 is 57.3 Å². The van der Waals surface area contributed by atoms with Crippen molar-refractivity contribution in [2.75, 3.05) is 4.90 Å². The highest BCUT2D eigenvalue weighted by molar-refractivity contribution is 8.27. The van der Waals surface area contributed by atoms with Crippen LogP contribution in [0.2, 0.25) is 0 Å². The summed E-state index contributed by atoms with van der Waals surface area (Å²) in [6, 6.07) is 11.5. The van der Waals surface area contributed by atoms with Gasteiger partial charge in [0.25, 0.3) is 17.3 Å². The number of para-hydroxylation sites is 2. The SMILES string of the molecule is O=C1C(=Cc2ccc([N+](=O)[O-])cc2)SC(=S)N1c1ccccc1[N+](=O)[O-]. The van der Waals surface area contributed by atoms with E-state index < -0.39 is 15.8 Å². The molecule has 8 nitrogen and oxygen atoms in total. The average Bonchev–Trinajstić information content (AvgIpc) is 2.89. The molecule has 0 spiro atoms. The number of hydrogen-bond donors (Lipinski definition) is 0. The lowest BCUT2D eigenvalue weighted by Gasteiger charge is -2.14. The minimum Gasteiger partial charge on any atom is -0.268 e. The maximum atomic E-state index is 12.7. The fourth-order valence-corrected chi connectivity index (χ4v) is 3.61. The first-order chi connectivity index (χ1) is 12.4. The molecule has 130 valence electrons. The standard InChI is InChI=1S/C16H9N3O5S2/c20-15-14(9-10-5-7-11(8-6-10)18(21)22)26-16(25)17(15)12-3-1-2-4-13(12)19(23)24/h1-9H. The Morgan fingerprint density at radius 1 is 1.00 bits per heavy atom. The number of thioether (sulfide) groups is 1. The normalized spacial score (nSPS) is 15.5. The molecular formula is C16H9N3O5S2. The van der Waals surface area contributed by atoms with Gasteiger partial charge in [-0.15, -0.1) is 0 Å². The molecule has 3 rings (SSSR count). The van der Waals surface area contributed by atoms with Gasteiger partial charge in [-0.25, -0.2) is 0 Å². The number of rotatable bonds is 4. The number of benzene rings is 2. The van der Waals surface area contributed by atoms with Gasteiger partial charge in [0.2, 0.25) is 0 Å². The van der Waals surface area contributed by atoms with Gasteiger partial charge in [-0.05, 0) is 29.8 Å². The first-order valence-electron chi connectivity index (χ1n) is 7.14. The Balaban J connectivity index is 1.94. The lowest BCUT2D eigenvalue weighted by atomic mass is 10.2. The number of hydrogen-bond acceptors (Lipinski definition) is 7. The molecule has 0 aromatic heterocycles. The molecule has 1 amide bonds. The van der Waals surface area contributed by atoms with Crippen LogP contribution in [0.3, 0.4) is 0 Å². The first kappa shape index (κ1) is 17.7. The Labute approximate surface area is 156 Å². The summed E-state index contributed by atoms with van der Waals surface area (Å²) in [4.78, 5) is 34.9. The molecule has 1 saturated heterocycles. The van der Waals surface area contributed by atoms with Crippen LogP contribution < -0.4 is 4.90 Å². The smallest absolute Gasteiger partial charge is 0.268 e. The maximum absolute atomic E-state index is 12.7. The largest absolute Gasteiger partial charge is 0.293 e. The van der Waals surface area contributed by atoms with E-state index in [1.54, 1.807) is 6.07 Å². The number of carbonyl (C=O) groups is 1. The van der Waals surface area contributed by atoms with Gasteiger partial charge < -0.3 is 0 Å². The molecule has 0 N–H and O–H groups in total. The maximum Gasteiger partial charge on any atom is 0.293 e. The summed E-state index contributed by atoms with van der Waals surface area (Å²) in [6.45, 7) is 0. The van der Waals surface area contributed by atoms with Crippen molar-refractivity contribution in [2.45, 2.75) is 0 Å². The van der Waals surface area contributed by atoms with Crippen LogP contribution in [0, 0.1) is 20.2 Å². The molecule has 10 heteroatoms. The monoisotopic (exact) mass is 387 g/mol. The number of carbonyl (C=O) groups excluding carboxylic acids is 1. The van der Waals surface area contributed by atoms with Gasteiger partial charge in [0.05, 0.1) is 14.8 Å². The summed E-state index contributed by atoms with van der Waals surface area (Å²) in [5.41, 5.74) is 0.403. The molecule has 1 aliphatic heterocycles. The Morgan fingerprint density at radius 3 is 2.27 bits per heavy atom. The molecule has 0 atom stereocenters. The Hall–Kier alpha value is -3.11. The predicted octanol–water partition coefficient (Wildman–Crippen LogP) is 3.91. The zero-order valence-electron chi connectivity index (χ0n) is 12.9. The van der Waals surface area contributed by atoms with E-state index in [-0.39, 0.29) is 26.3 Å². The third kappa shape index (κ3) is 3.32. The molecular weight excluding hydrogens is 378 g/mol. The van der Waals surface area contributed by atoms with E-state index >= 15 is 0 Å². The highest BCUT2D eigenvalue weighted by Crippen LogP contribution is 2.39. The topological polar surface area (TPSA) is 107 Å². The zero-order chi connectivity index (χ0) is 18.8. The van der Waals surface area contributed by atoms with Crippen molar-refractivity contribution in [1.29, 1.82) is 0 Å². The van der Waals surface area contributed by atoms with Gasteiger partial charge in [-0.1, -0.05) is 36.1 Å². The summed E-state index contributed by atoms with van der Waals surface area (Å²) < 4.78 is 0.178. The molecule has 2 aromatic rings. The Kier molecular flexibility index (Phi) is 4.78. The van der Waals surface area contributed by atoms with Gasteiger partial charge in [0.1, 0.15) is 5.69 Å². The number of nitro groups is 2. The van der Waals surface area contributed by atoms with Gasteiger partial charge >= 0.3 is 0 Å². The zero-order valence-corrected chi connectivity index (χ0v) is 14.5. The summed E-state index contributed by atoms with van der Waals surface area (Å²) in [5, 5.41) is 21.9. The van der Waals surface area contributed by atoms with Crippen molar-refractivity contribution in [3.63, 3.8) is 0 Å². The minimum absolute atomic E-state index is 0.0605. The van der Waals surface area contributed by atoms with E-state index in [0.717, 1.165) is 16.7 Å². The highest BCUT2D eigenvalue weighted by Gasteiger charge is 2.36. The first-order valence-corrected chi connectivity index (χ1v) is 8.37. The lowest BCUT2D eigenvalue weighted by molar-refractivity contribution is -0.384. The second kappa shape index (κ2) is 7.02. The molecule has 0 unspecified atom stereocenters. The van der Waals surface area contributed by atoms with Gasteiger partial charge in [0, 0.05) is 18.2 Å². The van der Waals surface area contributed by atoms with Crippen LogP contribution in [0.1, 0.15) is 5.56 Å². The molecule has 1 aliphatic rings. The third-order valence-corrected chi connectivity index (χ3v) is 4.82. The molecule has 0 saturated carbocycles. The second-order valence-corrected chi connectivity index (χ2v) is 6.79. The number of thiocarbonyl (C=S) groups is 1. The Morgan fingerprint density at radius 2 is 1.65 bits per heavy atom. The second-order valence-electron chi connectivity index (χ2n) is 5.11. The molecule has 1 fully saturated rings. The van der Waals surface area contributed by atoms with Crippen molar-refractivity contribution in [3.05, 3.63) is 79.2 Å². The van der Waals surface area contributed by atoms with Crippen LogP contribution in [0.5, 0.6) is 0 Å². The van der Waals surface area contributed by atoms with Gasteiger partial charge in [-0.2, -0.15) is 0 Å². The molecule has 26 heavy (non-hydrogen) atoms. The Bertz CT molecular complexity index is 972. The predicted molar refractivity (Wildman–Crippen MR) is 102 cm³/mol. The number of nitro benzene ring substituents is 2. The van der Waals surface area contributed by atoms with Crippen molar-refractivity contribution in [3.8, 4) is 0 Å². The minimum atomic E-state index is -0.575. The van der Waals surface area contributed by atoms with Crippen LogP contribution in [0.4, 0.5) is 17.1 Å². The van der Waals surface area contributed by atoms with E-state index in [9.17, 15) is 25.0 Å². The van der Waals surface area contributed by atoms with Crippen LogP contribution in [0.15, 0.2) is 53.4 Å². The van der Waals surface area contributed by atoms with Crippen LogP contribution in [-0.2, 0) is 4.79 Å². The molecule has 0 radical (unpaired) electrons. The fraction of sp³-hybridized carbons (Fsp3) is 0.